The van der Waals surface area contributed by atoms with Crippen LogP contribution in [0.5, 0.6) is 0 Å². The van der Waals surface area contributed by atoms with Crippen LogP contribution in [0, 0.1) is 29.0 Å². The Kier molecular flexibility index (Phi) is 4.05. The Morgan fingerprint density at radius 1 is 1.08 bits per heavy atom. The van der Waals surface area contributed by atoms with Gasteiger partial charge in [0.1, 0.15) is 5.82 Å². The van der Waals surface area contributed by atoms with E-state index in [1.807, 2.05) is 0 Å². The van der Waals surface area contributed by atoms with Crippen LogP contribution in [0.3, 0.4) is 0 Å². The third-order valence-corrected chi connectivity index (χ3v) is 6.46. The summed E-state index contributed by atoms with van der Waals surface area (Å²) in [7, 11) is 0. The van der Waals surface area contributed by atoms with Crippen LogP contribution < -0.4 is 5.32 Å². The van der Waals surface area contributed by atoms with E-state index in [9.17, 15) is 19.1 Å². The average Bonchev–Trinajstić information content (AvgIpc) is 2.51. The molecule has 134 valence electrons. The lowest BCUT2D eigenvalue weighted by atomic mass is 9.49. The second-order valence-corrected chi connectivity index (χ2v) is 8.48. The van der Waals surface area contributed by atoms with Crippen LogP contribution in [0.15, 0.2) is 24.3 Å². The van der Waals surface area contributed by atoms with Crippen LogP contribution in [0.2, 0.25) is 0 Å². The molecule has 0 radical (unpaired) electrons. The number of carboxylic acid groups (broad SMARTS) is 1. The molecule has 4 fully saturated rings. The SMILES string of the molecule is O=C(CC12CC3CC(CC(C3)C1)C2)N[C@H](C(=O)O)c1ccc(F)cc1. The number of aliphatic carboxylic acids is 1. The molecule has 1 aromatic carbocycles. The van der Waals surface area contributed by atoms with E-state index < -0.39 is 17.8 Å². The summed E-state index contributed by atoms with van der Waals surface area (Å²) >= 11 is 0. The van der Waals surface area contributed by atoms with Crippen molar-refractivity contribution >= 4 is 11.9 Å². The quantitative estimate of drug-likeness (QED) is 0.855. The first-order valence-corrected chi connectivity index (χ1v) is 9.20. The predicted octanol–water partition coefficient (Wildman–Crippen LogP) is 3.67. The van der Waals surface area contributed by atoms with E-state index in [1.54, 1.807) is 0 Å². The fraction of sp³-hybridized carbons (Fsp3) is 0.600. The lowest BCUT2D eigenvalue weighted by Crippen LogP contribution is -2.48. The number of benzene rings is 1. The number of carbonyl (C=O) groups excluding carboxylic acids is 1. The van der Waals surface area contributed by atoms with E-state index in [-0.39, 0.29) is 11.3 Å². The van der Waals surface area contributed by atoms with Gasteiger partial charge in [0.25, 0.3) is 0 Å². The normalized spacial score (nSPS) is 33.9. The van der Waals surface area contributed by atoms with Crippen LogP contribution in [0.1, 0.15) is 56.6 Å². The summed E-state index contributed by atoms with van der Waals surface area (Å²) in [6.45, 7) is 0. The highest BCUT2D eigenvalue weighted by molar-refractivity contribution is 5.84. The van der Waals surface area contributed by atoms with Crippen molar-refractivity contribution < 1.29 is 19.1 Å². The summed E-state index contributed by atoms with van der Waals surface area (Å²) in [6.07, 6.45) is 7.69. The number of hydrogen-bond acceptors (Lipinski definition) is 2. The number of carbonyl (C=O) groups is 2. The summed E-state index contributed by atoms with van der Waals surface area (Å²) in [5.74, 6) is 0.529. The minimum Gasteiger partial charge on any atom is -0.479 e. The molecule has 4 nitrogen and oxygen atoms in total. The first-order chi connectivity index (χ1) is 11.9. The molecular weight excluding hydrogens is 321 g/mol. The maximum absolute atomic E-state index is 13.1. The molecule has 5 heteroatoms. The predicted molar refractivity (Wildman–Crippen MR) is 90.1 cm³/mol. The summed E-state index contributed by atoms with van der Waals surface area (Å²) in [5.41, 5.74) is 0.470. The summed E-state index contributed by atoms with van der Waals surface area (Å²) in [6, 6.07) is 4.15. The molecule has 0 heterocycles. The molecule has 0 aliphatic heterocycles. The Balaban J connectivity index is 1.45. The lowest BCUT2D eigenvalue weighted by molar-refractivity contribution is -0.143. The Labute approximate surface area is 146 Å². The first-order valence-electron chi connectivity index (χ1n) is 9.20. The summed E-state index contributed by atoms with van der Waals surface area (Å²) in [4.78, 5) is 24.2. The van der Waals surface area contributed by atoms with Gasteiger partial charge in [-0.05, 0) is 79.4 Å². The van der Waals surface area contributed by atoms with Gasteiger partial charge in [0.2, 0.25) is 5.91 Å². The standard InChI is InChI=1S/C20H24FNO3/c21-16-3-1-15(2-4-16)18(19(24)25)22-17(23)11-20-8-12-5-13(9-20)7-14(6-12)10-20/h1-4,12-14,18H,5-11H2,(H,22,23)(H,24,25)/t12?,13?,14?,18-,20?/m0/s1. The van der Waals surface area contributed by atoms with Gasteiger partial charge in [0.15, 0.2) is 6.04 Å². The van der Waals surface area contributed by atoms with Crippen LogP contribution in [0.25, 0.3) is 0 Å². The van der Waals surface area contributed by atoms with Gasteiger partial charge in [-0.15, -0.1) is 0 Å². The molecule has 0 spiro atoms. The van der Waals surface area contributed by atoms with E-state index in [4.69, 9.17) is 0 Å². The van der Waals surface area contributed by atoms with Crippen LogP contribution >= 0.6 is 0 Å². The van der Waals surface area contributed by atoms with Crippen molar-refractivity contribution in [2.24, 2.45) is 23.2 Å². The van der Waals surface area contributed by atoms with Crippen molar-refractivity contribution in [1.82, 2.24) is 5.32 Å². The van der Waals surface area contributed by atoms with Crippen molar-refractivity contribution in [2.45, 2.75) is 51.0 Å². The molecule has 4 bridgehead atoms. The Morgan fingerprint density at radius 3 is 2.08 bits per heavy atom. The van der Waals surface area contributed by atoms with Crippen molar-refractivity contribution in [3.05, 3.63) is 35.6 Å². The van der Waals surface area contributed by atoms with Gasteiger partial charge in [-0.2, -0.15) is 0 Å². The number of carboxylic acids is 1. The van der Waals surface area contributed by atoms with Crippen LogP contribution in [0.4, 0.5) is 4.39 Å². The molecule has 2 N–H and O–H groups in total. The Bertz CT molecular complexity index is 649. The molecule has 25 heavy (non-hydrogen) atoms. The molecule has 0 saturated heterocycles. The number of hydrogen-bond donors (Lipinski definition) is 2. The monoisotopic (exact) mass is 345 g/mol. The molecule has 1 atom stereocenters. The van der Waals surface area contributed by atoms with Gasteiger partial charge in [-0.3, -0.25) is 4.79 Å². The number of nitrogens with one attached hydrogen (secondary N) is 1. The fourth-order valence-corrected chi connectivity index (χ4v) is 6.00. The minimum atomic E-state index is -1.12. The van der Waals surface area contributed by atoms with E-state index in [2.05, 4.69) is 5.32 Å². The second kappa shape index (κ2) is 6.11. The zero-order valence-electron chi connectivity index (χ0n) is 14.2. The average molecular weight is 345 g/mol. The molecule has 0 aromatic heterocycles. The highest BCUT2D eigenvalue weighted by Gasteiger charge is 2.51. The third-order valence-electron chi connectivity index (χ3n) is 6.46. The summed E-state index contributed by atoms with van der Waals surface area (Å²) in [5, 5.41) is 12.1. The van der Waals surface area contributed by atoms with Gasteiger partial charge in [-0.25, -0.2) is 9.18 Å². The molecule has 1 amide bonds. The van der Waals surface area contributed by atoms with Gasteiger partial charge < -0.3 is 10.4 Å². The number of rotatable bonds is 5. The van der Waals surface area contributed by atoms with E-state index in [0.29, 0.717) is 12.0 Å². The van der Waals surface area contributed by atoms with Gasteiger partial charge in [0, 0.05) is 6.42 Å². The molecule has 5 rings (SSSR count). The maximum Gasteiger partial charge on any atom is 0.330 e. The zero-order valence-corrected chi connectivity index (χ0v) is 14.2. The number of amides is 1. The highest BCUT2D eigenvalue weighted by atomic mass is 19.1. The smallest absolute Gasteiger partial charge is 0.330 e. The molecule has 4 aliphatic rings. The Hall–Kier alpha value is -1.91. The first kappa shape index (κ1) is 16.6. The zero-order chi connectivity index (χ0) is 17.6. The van der Waals surface area contributed by atoms with E-state index in [0.717, 1.165) is 37.0 Å². The van der Waals surface area contributed by atoms with Gasteiger partial charge in [-0.1, -0.05) is 12.1 Å². The third kappa shape index (κ3) is 3.29. The maximum atomic E-state index is 13.1. The molecule has 4 aliphatic carbocycles. The van der Waals surface area contributed by atoms with Crippen molar-refractivity contribution in [2.75, 3.05) is 0 Å². The molecule has 4 saturated carbocycles. The summed E-state index contributed by atoms with van der Waals surface area (Å²) < 4.78 is 13.1. The lowest BCUT2D eigenvalue weighted by Gasteiger charge is -2.56. The van der Waals surface area contributed by atoms with Crippen molar-refractivity contribution in [3.8, 4) is 0 Å². The van der Waals surface area contributed by atoms with Gasteiger partial charge >= 0.3 is 5.97 Å². The highest BCUT2D eigenvalue weighted by Crippen LogP contribution is 2.61. The topological polar surface area (TPSA) is 66.4 Å². The van der Waals surface area contributed by atoms with E-state index in [1.165, 1.54) is 43.5 Å². The molecule has 0 unspecified atom stereocenters. The fourth-order valence-electron chi connectivity index (χ4n) is 6.00. The Morgan fingerprint density at radius 2 is 1.60 bits per heavy atom. The minimum absolute atomic E-state index is 0.0741. The van der Waals surface area contributed by atoms with Crippen molar-refractivity contribution in [1.29, 1.82) is 0 Å². The van der Waals surface area contributed by atoms with E-state index >= 15 is 0 Å². The van der Waals surface area contributed by atoms with Crippen LogP contribution in [-0.4, -0.2) is 17.0 Å². The van der Waals surface area contributed by atoms with Gasteiger partial charge in [0.05, 0.1) is 0 Å². The number of halogens is 1. The van der Waals surface area contributed by atoms with Crippen molar-refractivity contribution in [3.63, 3.8) is 0 Å². The molecule has 1 aromatic rings. The van der Waals surface area contributed by atoms with Crippen LogP contribution in [-0.2, 0) is 9.59 Å². The largest absolute Gasteiger partial charge is 0.479 e. The second-order valence-electron chi connectivity index (χ2n) is 8.48. The molecular formula is C20H24FNO3.